The van der Waals surface area contributed by atoms with Crippen molar-refractivity contribution in [3.63, 3.8) is 0 Å². The second kappa shape index (κ2) is 4.32. The van der Waals surface area contributed by atoms with Crippen molar-refractivity contribution in [2.75, 3.05) is 13.6 Å². The van der Waals surface area contributed by atoms with Crippen LogP contribution < -0.4 is 5.32 Å². The summed E-state index contributed by atoms with van der Waals surface area (Å²) < 4.78 is 0. The highest BCUT2D eigenvalue weighted by Crippen LogP contribution is 2.20. The van der Waals surface area contributed by atoms with Crippen LogP contribution in [-0.2, 0) is 0 Å². The maximum absolute atomic E-state index is 3.27. The minimum atomic E-state index is 0.901. The van der Waals surface area contributed by atoms with Crippen LogP contribution in [-0.4, -0.2) is 18.6 Å². The number of likely N-dealkylation sites (N-methyl/N-ethyl adjacent to an activating group) is 1. The Balaban J connectivity index is 2.39. The van der Waals surface area contributed by atoms with Crippen LogP contribution in [0.15, 0.2) is 30.5 Å². The molecule has 1 aromatic carbocycles. The van der Waals surface area contributed by atoms with Crippen LogP contribution in [0.2, 0.25) is 0 Å². The predicted octanol–water partition coefficient (Wildman–Crippen LogP) is 2.71. The topological polar surface area (TPSA) is 27.8 Å². The largest absolute Gasteiger partial charge is 0.361 e. The summed E-state index contributed by atoms with van der Waals surface area (Å²) in [6.45, 7) is 3.02. The average molecular weight is 200 g/mol. The van der Waals surface area contributed by atoms with Gasteiger partial charge >= 0.3 is 0 Å². The Hall–Kier alpha value is -1.54. The van der Waals surface area contributed by atoms with Crippen molar-refractivity contribution in [3.05, 3.63) is 41.6 Å². The molecule has 0 aliphatic heterocycles. The molecule has 15 heavy (non-hydrogen) atoms. The number of aryl methyl sites for hydroxylation is 1. The lowest BCUT2D eigenvalue weighted by molar-refractivity contribution is 0.922. The molecule has 0 bridgehead atoms. The fourth-order valence-corrected chi connectivity index (χ4v) is 1.70. The van der Waals surface area contributed by atoms with Crippen LogP contribution in [0.25, 0.3) is 17.0 Å². The van der Waals surface area contributed by atoms with E-state index >= 15 is 0 Å². The van der Waals surface area contributed by atoms with E-state index in [0.29, 0.717) is 0 Å². The van der Waals surface area contributed by atoms with E-state index in [-0.39, 0.29) is 0 Å². The molecule has 0 fully saturated rings. The highest BCUT2D eigenvalue weighted by atomic mass is 14.8. The molecular weight excluding hydrogens is 184 g/mol. The molecule has 2 heteroatoms. The van der Waals surface area contributed by atoms with E-state index < -0.39 is 0 Å². The van der Waals surface area contributed by atoms with E-state index in [0.717, 1.165) is 6.54 Å². The fourth-order valence-electron chi connectivity index (χ4n) is 1.70. The summed E-state index contributed by atoms with van der Waals surface area (Å²) >= 11 is 0. The summed E-state index contributed by atoms with van der Waals surface area (Å²) in [6.07, 6.45) is 6.33. The van der Waals surface area contributed by atoms with E-state index in [1.807, 2.05) is 7.05 Å². The van der Waals surface area contributed by atoms with Gasteiger partial charge in [0.2, 0.25) is 0 Å². The minimum absolute atomic E-state index is 0.901. The maximum atomic E-state index is 3.27. The quantitative estimate of drug-likeness (QED) is 0.783. The molecule has 1 aromatic heterocycles. The molecule has 0 radical (unpaired) electrons. The number of benzene rings is 1. The van der Waals surface area contributed by atoms with Crippen molar-refractivity contribution >= 4 is 17.0 Å². The first kappa shape index (κ1) is 9.99. The first-order valence-corrected chi connectivity index (χ1v) is 5.20. The Morgan fingerprint density at radius 2 is 2.27 bits per heavy atom. The van der Waals surface area contributed by atoms with Crippen molar-refractivity contribution in [1.29, 1.82) is 0 Å². The molecule has 0 aliphatic rings. The Morgan fingerprint density at radius 3 is 3.07 bits per heavy atom. The van der Waals surface area contributed by atoms with E-state index in [2.05, 4.69) is 53.8 Å². The SMILES string of the molecule is CNCC=Cc1c[nH]c2ccc(C)cc12. The molecule has 0 saturated carbocycles. The third kappa shape index (κ3) is 2.10. The van der Waals surface area contributed by atoms with Gasteiger partial charge < -0.3 is 10.3 Å². The summed E-state index contributed by atoms with van der Waals surface area (Å²) in [5.74, 6) is 0. The van der Waals surface area contributed by atoms with Crippen LogP contribution in [0, 0.1) is 6.92 Å². The van der Waals surface area contributed by atoms with Crippen LogP contribution in [0.1, 0.15) is 11.1 Å². The maximum Gasteiger partial charge on any atom is 0.0460 e. The number of H-pyrrole nitrogens is 1. The van der Waals surface area contributed by atoms with Crippen molar-refractivity contribution in [3.8, 4) is 0 Å². The predicted molar refractivity (Wildman–Crippen MR) is 66.0 cm³/mol. The van der Waals surface area contributed by atoms with Gasteiger partial charge in [-0.3, -0.25) is 0 Å². The molecule has 2 rings (SSSR count). The van der Waals surface area contributed by atoms with Gasteiger partial charge in [-0.2, -0.15) is 0 Å². The summed E-state index contributed by atoms with van der Waals surface area (Å²) in [5, 5.41) is 4.39. The zero-order chi connectivity index (χ0) is 10.7. The van der Waals surface area contributed by atoms with E-state index in [1.54, 1.807) is 0 Å². The molecule has 1 heterocycles. The highest BCUT2D eigenvalue weighted by Gasteiger charge is 1.99. The Morgan fingerprint density at radius 1 is 1.40 bits per heavy atom. The van der Waals surface area contributed by atoms with Crippen LogP contribution in [0.3, 0.4) is 0 Å². The van der Waals surface area contributed by atoms with Crippen molar-refractivity contribution in [2.45, 2.75) is 6.92 Å². The van der Waals surface area contributed by atoms with Crippen LogP contribution in [0.4, 0.5) is 0 Å². The number of rotatable bonds is 3. The molecule has 0 atom stereocenters. The first-order valence-electron chi connectivity index (χ1n) is 5.20. The standard InChI is InChI=1S/C13H16N2/c1-10-5-6-13-12(8-10)11(9-15-13)4-3-7-14-2/h3-6,8-9,14-15H,7H2,1-2H3. The minimum Gasteiger partial charge on any atom is -0.361 e. The normalized spacial score (nSPS) is 11.6. The second-order valence-electron chi connectivity index (χ2n) is 3.75. The summed E-state index contributed by atoms with van der Waals surface area (Å²) in [6, 6.07) is 6.46. The van der Waals surface area contributed by atoms with Gasteiger partial charge in [0.25, 0.3) is 0 Å². The number of aromatic nitrogens is 1. The fraction of sp³-hybridized carbons (Fsp3) is 0.231. The van der Waals surface area contributed by atoms with Crippen LogP contribution in [0.5, 0.6) is 0 Å². The van der Waals surface area contributed by atoms with Gasteiger partial charge in [0.15, 0.2) is 0 Å². The number of hydrogen-bond acceptors (Lipinski definition) is 1. The molecule has 2 aromatic rings. The molecule has 2 nitrogen and oxygen atoms in total. The molecule has 0 spiro atoms. The molecule has 0 aliphatic carbocycles. The smallest absolute Gasteiger partial charge is 0.0460 e. The van der Waals surface area contributed by atoms with Gasteiger partial charge in [-0.15, -0.1) is 0 Å². The third-order valence-corrected chi connectivity index (χ3v) is 2.49. The van der Waals surface area contributed by atoms with E-state index in [4.69, 9.17) is 0 Å². The summed E-state index contributed by atoms with van der Waals surface area (Å²) in [4.78, 5) is 3.27. The second-order valence-corrected chi connectivity index (χ2v) is 3.75. The molecule has 78 valence electrons. The first-order chi connectivity index (χ1) is 7.31. The molecule has 0 saturated heterocycles. The number of nitrogens with one attached hydrogen (secondary N) is 2. The van der Waals surface area contributed by atoms with E-state index in [9.17, 15) is 0 Å². The molecule has 0 unspecified atom stereocenters. The third-order valence-electron chi connectivity index (χ3n) is 2.49. The van der Waals surface area contributed by atoms with Gasteiger partial charge in [0.05, 0.1) is 0 Å². The van der Waals surface area contributed by atoms with Crippen molar-refractivity contribution in [2.24, 2.45) is 0 Å². The van der Waals surface area contributed by atoms with Gasteiger partial charge in [-0.05, 0) is 31.7 Å². The van der Waals surface area contributed by atoms with Crippen molar-refractivity contribution < 1.29 is 0 Å². The molecule has 0 amide bonds. The Kier molecular flexibility index (Phi) is 2.88. The number of aromatic amines is 1. The Bertz CT molecular complexity index is 480. The average Bonchev–Trinajstić information content (AvgIpc) is 2.62. The van der Waals surface area contributed by atoms with Gasteiger partial charge in [-0.1, -0.05) is 23.8 Å². The zero-order valence-corrected chi connectivity index (χ0v) is 9.17. The van der Waals surface area contributed by atoms with Gasteiger partial charge in [0.1, 0.15) is 0 Å². The summed E-state index contributed by atoms with van der Waals surface area (Å²) in [7, 11) is 1.95. The number of hydrogen-bond donors (Lipinski definition) is 2. The molecular formula is C13H16N2. The monoisotopic (exact) mass is 200 g/mol. The molecule has 2 N–H and O–H groups in total. The van der Waals surface area contributed by atoms with Gasteiger partial charge in [0, 0.05) is 23.6 Å². The zero-order valence-electron chi connectivity index (χ0n) is 9.17. The van der Waals surface area contributed by atoms with E-state index in [1.165, 1.54) is 22.0 Å². The lowest BCUT2D eigenvalue weighted by Gasteiger charge is -1.94. The lowest BCUT2D eigenvalue weighted by atomic mass is 10.1. The van der Waals surface area contributed by atoms with Gasteiger partial charge in [-0.25, -0.2) is 0 Å². The summed E-state index contributed by atoms with van der Waals surface area (Å²) in [5.41, 5.74) is 3.75. The van der Waals surface area contributed by atoms with Crippen molar-refractivity contribution in [1.82, 2.24) is 10.3 Å². The Labute approximate surface area is 90.0 Å². The highest BCUT2D eigenvalue weighted by molar-refractivity contribution is 5.89. The number of fused-ring (bicyclic) bond motifs is 1. The lowest BCUT2D eigenvalue weighted by Crippen LogP contribution is -2.03. The van der Waals surface area contributed by atoms with Crippen LogP contribution >= 0.6 is 0 Å².